The maximum Gasteiger partial charge on any atom is 0.0977 e. The zero-order chi connectivity index (χ0) is 17.2. The Bertz CT molecular complexity index is 360. The third-order valence-electron chi connectivity index (χ3n) is 5.31. The SMILES string of the molecule is CC(C)(C)[C@H]1P(C(C)(C)C)[C@@H](C(C)(C)C)[P+]1(C)C(C)(C)C. The summed E-state index contributed by atoms with van der Waals surface area (Å²) in [5.41, 5.74) is 0.882. The fraction of sp³-hybridized carbons (Fsp3) is 1.00. The highest BCUT2D eigenvalue weighted by atomic mass is 31.3. The van der Waals surface area contributed by atoms with Crippen molar-refractivity contribution in [3.8, 4) is 0 Å². The maximum absolute atomic E-state index is 2.71. The van der Waals surface area contributed by atoms with Crippen LogP contribution in [0.3, 0.4) is 0 Å². The van der Waals surface area contributed by atoms with Crippen LogP contribution < -0.4 is 0 Å². The lowest BCUT2D eigenvalue weighted by atomic mass is 9.98. The van der Waals surface area contributed by atoms with E-state index in [-0.39, 0.29) is 7.92 Å². The van der Waals surface area contributed by atoms with Crippen molar-refractivity contribution in [2.75, 3.05) is 6.66 Å². The maximum atomic E-state index is 2.71. The van der Waals surface area contributed by atoms with Crippen LogP contribution in [0.5, 0.6) is 0 Å². The Labute approximate surface area is 137 Å². The highest BCUT2D eigenvalue weighted by Crippen LogP contribution is 3.00. The van der Waals surface area contributed by atoms with Gasteiger partial charge in [0.1, 0.15) is 0 Å². The lowest BCUT2D eigenvalue weighted by Crippen LogP contribution is -2.56. The molecule has 1 rings (SSSR count). The van der Waals surface area contributed by atoms with Crippen LogP contribution in [0, 0.1) is 10.8 Å². The van der Waals surface area contributed by atoms with Gasteiger partial charge in [-0.2, -0.15) is 0 Å². The summed E-state index contributed by atoms with van der Waals surface area (Å²) in [5, 5.41) is 2.83. The highest BCUT2D eigenvalue weighted by molar-refractivity contribution is 8.03. The second-order valence-corrected chi connectivity index (χ2v) is 20.0. The van der Waals surface area contributed by atoms with Crippen molar-refractivity contribution in [2.45, 2.75) is 104 Å². The normalized spacial score (nSPS) is 35.6. The van der Waals surface area contributed by atoms with E-state index < -0.39 is 7.26 Å². The summed E-state index contributed by atoms with van der Waals surface area (Å²) in [7, 11) is -0.958. The molecule has 1 heterocycles. The fourth-order valence-electron chi connectivity index (χ4n) is 4.63. The van der Waals surface area contributed by atoms with E-state index >= 15 is 0 Å². The third-order valence-corrected chi connectivity index (χ3v) is 20.3. The average Bonchev–Trinajstić information content (AvgIpc) is 2.03. The van der Waals surface area contributed by atoms with Crippen LogP contribution in [0.1, 0.15) is 83.1 Å². The van der Waals surface area contributed by atoms with E-state index in [9.17, 15) is 0 Å². The van der Waals surface area contributed by atoms with Gasteiger partial charge < -0.3 is 0 Å². The largest absolute Gasteiger partial charge is 0.0977 e. The lowest BCUT2D eigenvalue weighted by Gasteiger charge is -2.68. The van der Waals surface area contributed by atoms with E-state index in [1.807, 2.05) is 0 Å². The van der Waals surface area contributed by atoms with Crippen LogP contribution in [0.2, 0.25) is 0 Å². The Balaban J connectivity index is 3.52. The predicted octanol–water partition coefficient (Wildman–Crippen LogP) is 7.47. The monoisotopic (exact) mass is 331 g/mol. The molecule has 0 amide bonds. The van der Waals surface area contributed by atoms with Gasteiger partial charge in [0.15, 0.2) is 0 Å². The molecule has 0 radical (unpaired) electrons. The van der Waals surface area contributed by atoms with Gasteiger partial charge in [-0.25, -0.2) is 0 Å². The smallest absolute Gasteiger partial charge is 0.0561 e. The molecule has 2 unspecified atom stereocenters. The van der Waals surface area contributed by atoms with Crippen LogP contribution >= 0.6 is 15.2 Å². The first-order valence-electron chi connectivity index (χ1n) is 8.50. The fourth-order valence-corrected chi connectivity index (χ4v) is 21.9. The zero-order valence-electron chi connectivity index (χ0n) is 17.0. The number of rotatable bonds is 0. The zero-order valence-corrected chi connectivity index (χ0v) is 18.8. The molecule has 0 aromatic heterocycles. The first kappa shape index (κ1) is 19.9. The summed E-state index contributed by atoms with van der Waals surface area (Å²) in [4.78, 5) is 0. The Morgan fingerprint density at radius 1 is 0.619 bits per heavy atom. The van der Waals surface area contributed by atoms with Crippen molar-refractivity contribution < 1.29 is 0 Å². The first-order valence-corrected chi connectivity index (χ1v) is 12.4. The summed E-state index contributed by atoms with van der Waals surface area (Å²) < 4.78 is 0. The molecular weight excluding hydrogens is 290 g/mol. The summed E-state index contributed by atoms with van der Waals surface area (Å²) in [5.74, 6) is 0. The van der Waals surface area contributed by atoms with Gasteiger partial charge in [-0.3, -0.25) is 0 Å². The third kappa shape index (κ3) is 3.24. The van der Waals surface area contributed by atoms with Crippen molar-refractivity contribution in [3.63, 3.8) is 0 Å². The summed E-state index contributed by atoms with van der Waals surface area (Å²) in [6.45, 7) is 32.8. The molecule has 0 nitrogen and oxygen atoms in total. The van der Waals surface area contributed by atoms with Crippen LogP contribution in [0.15, 0.2) is 0 Å². The molecule has 21 heavy (non-hydrogen) atoms. The van der Waals surface area contributed by atoms with Crippen molar-refractivity contribution >= 4 is 15.2 Å². The van der Waals surface area contributed by atoms with Crippen LogP contribution in [0.4, 0.5) is 0 Å². The summed E-state index contributed by atoms with van der Waals surface area (Å²) in [6.07, 6.45) is 0. The van der Waals surface area contributed by atoms with Gasteiger partial charge in [0, 0.05) is 18.1 Å². The van der Waals surface area contributed by atoms with E-state index in [1.54, 1.807) is 0 Å². The molecule has 0 aliphatic carbocycles. The van der Waals surface area contributed by atoms with Gasteiger partial charge >= 0.3 is 0 Å². The molecule has 0 aromatic carbocycles. The predicted molar refractivity (Wildman–Crippen MR) is 106 cm³/mol. The van der Waals surface area contributed by atoms with Crippen molar-refractivity contribution in [1.29, 1.82) is 0 Å². The molecule has 126 valence electrons. The highest BCUT2D eigenvalue weighted by Gasteiger charge is 2.77. The quantitative estimate of drug-likeness (QED) is 0.404. The van der Waals surface area contributed by atoms with E-state index in [2.05, 4.69) is 89.7 Å². The van der Waals surface area contributed by atoms with Gasteiger partial charge in [-0.15, -0.1) is 0 Å². The van der Waals surface area contributed by atoms with E-state index in [4.69, 9.17) is 0 Å². The van der Waals surface area contributed by atoms with Gasteiger partial charge in [-0.1, -0.05) is 62.3 Å². The summed E-state index contributed by atoms with van der Waals surface area (Å²) in [6, 6.07) is 0. The molecule has 4 atom stereocenters. The van der Waals surface area contributed by atoms with E-state index in [0.29, 0.717) is 21.1 Å². The number of hydrogen-bond donors (Lipinski definition) is 0. The summed E-state index contributed by atoms with van der Waals surface area (Å²) >= 11 is 0. The molecule has 0 saturated carbocycles. The second kappa shape index (κ2) is 5.18. The molecule has 0 spiro atoms. The molecule has 1 saturated heterocycles. The van der Waals surface area contributed by atoms with Crippen molar-refractivity contribution in [1.82, 2.24) is 0 Å². The molecule has 1 fully saturated rings. The average molecular weight is 331 g/mol. The molecule has 0 bridgehead atoms. The van der Waals surface area contributed by atoms with Crippen LogP contribution in [-0.2, 0) is 0 Å². The Morgan fingerprint density at radius 3 is 1.05 bits per heavy atom. The Hall–Kier alpha value is 0.860. The molecule has 0 aromatic rings. The minimum atomic E-state index is -1.01. The van der Waals surface area contributed by atoms with E-state index in [1.165, 1.54) is 0 Å². The van der Waals surface area contributed by atoms with Crippen molar-refractivity contribution in [2.24, 2.45) is 10.8 Å². The second-order valence-electron chi connectivity index (χ2n) is 11.4. The Morgan fingerprint density at radius 2 is 0.905 bits per heavy atom. The molecule has 2 heteroatoms. The molecule has 1 aliphatic heterocycles. The molecular formula is C19H41P2+. The minimum absolute atomic E-state index is 0.0554. The van der Waals surface area contributed by atoms with Crippen molar-refractivity contribution in [3.05, 3.63) is 0 Å². The van der Waals surface area contributed by atoms with Gasteiger partial charge in [0.05, 0.1) is 22.6 Å². The van der Waals surface area contributed by atoms with Gasteiger partial charge in [-0.05, 0) is 33.8 Å². The molecule has 0 N–H and O–H groups in total. The topological polar surface area (TPSA) is 0 Å². The van der Waals surface area contributed by atoms with Crippen LogP contribution in [0.25, 0.3) is 0 Å². The van der Waals surface area contributed by atoms with Crippen LogP contribution in [-0.4, -0.2) is 27.8 Å². The lowest BCUT2D eigenvalue weighted by molar-refractivity contribution is 0.387. The van der Waals surface area contributed by atoms with Gasteiger partial charge in [0.2, 0.25) is 0 Å². The number of hydrogen-bond acceptors (Lipinski definition) is 0. The molecule has 1 aliphatic rings. The standard InChI is InChI=1S/C19H41P2/c1-16(2,3)14-20(18(7,8)9)15(17(4,5)6)21(14,13)19(10,11)12/h14-15H,1-13H3/q+1/t14-,15+,20?,21?. The van der Waals surface area contributed by atoms with E-state index in [0.717, 1.165) is 10.8 Å². The minimum Gasteiger partial charge on any atom is -0.0561 e. The first-order chi connectivity index (χ1) is 8.86. The Kier molecular flexibility index (Phi) is 4.91. The van der Waals surface area contributed by atoms with Gasteiger partial charge in [0.25, 0.3) is 0 Å².